The number of halogens is 1. The first kappa shape index (κ1) is 18.4. The molecule has 0 atom stereocenters. The van der Waals surface area contributed by atoms with E-state index in [-0.39, 0.29) is 29.4 Å². The highest BCUT2D eigenvalue weighted by Crippen LogP contribution is 2.23. The van der Waals surface area contributed by atoms with Crippen LogP contribution in [0.5, 0.6) is 0 Å². The summed E-state index contributed by atoms with van der Waals surface area (Å²) in [5.41, 5.74) is 0.336. The Labute approximate surface area is 154 Å². The van der Waals surface area contributed by atoms with Gasteiger partial charge in [0.1, 0.15) is 5.82 Å². The van der Waals surface area contributed by atoms with Crippen molar-refractivity contribution in [2.75, 3.05) is 26.0 Å². The number of H-pyrrole nitrogens is 1. The number of rotatable bonds is 5. The average Bonchev–Trinajstić information content (AvgIpc) is 3.14. The van der Waals surface area contributed by atoms with Gasteiger partial charge in [0.05, 0.1) is 24.3 Å². The molecule has 0 radical (unpaired) electrons. The first-order chi connectivity index (χ1) is 12.6. The Hall–Kier alpha value is -2.42. The van der Waals surface area contributed by atoms with Crippen LogP contribution in [0.15, 0.2) is 29.4 Å². The topological polar surface area (TPSA) is 88.2 Å². The van der Waals surface area contributed by atoms with Crippen molar-refractivity contribution in [2.45, 2.75) is 18.0 Å². The molecular weight excluding hydrogens is 359 g/mol. The van der Waals surface area contributed by atoms with Crippen LogP contribution in [0.3, 0.4) is 0 Å². The molecule has 0 bridgehead atoms. The van der Waals surface area contributed by atoms with E-state index in [0.717, 1.165) is 0 Å². The second-order valence-corrected chi connectivity index (χ2v) is 6.86. The third kappa shape index (κ3) is 4.21. The lowest BCUT2D eigenvalue weighted by atomic mass is 9.97. The molecule has 1 fully saturated rings. The maximum absolute atomic E-state index is 13.8. The van der Waals surface area contributed by atoms with E-state index in [1.807, 2.05) is 0 Å². The maximum Gasteiger partial charge on any atom is 0.308 e. The number of aromatic amines is 1. The number of hydrogen-bond acceptors (Lipinski definition) is 6. The summed E-state index contributed by atoms with van der Waals surface area (Å²) in [4.78, 5) is 29.8. The number of ether oxygens (including phenoxy) is 1. The van der Waals surface area contributed by atoms with E-state index in [4.69, 9.17) is 4.74 Å². The number of methoxy groups -OCH3 is 1. The Morgan fingerprint density at radius 2 is 2.08 bits per heavy atom. The summed E-state index contributed by atoms with van der Waals surface area (Å²) >= 11 is 1.20. The maximum atomic E-state index is 13.8. The van der Waals surface area contributed by atoms with E-state index < -0.39 is 0 Å². The lowest BCUT2D eigenvalue weighted by Gasteiger charge is -2.30. The number of benzene rings is 1. The van der Waals surface area contributed by atoms with Gasteiger partial charge in [0.15, 0.2) is 5.82 Å². The predicted octanol–water partition coefficient (Wildman–Crippen LogP) is 2.11. The number of hydrogen-bond donors (Lipinski definition) is 1. The van der Waals surface area contributed by atoms with Crippen molar-refractivity contribution in [3.05, 3.63) is 30.1 Å². The number of carbonyl (C=O) groups excluding carboxylic acids is 2. The van der Waals surface area contributed by atoms with Crippen LogP contribution >= 0.6 is 11.8 Å². The first-order valence-corrected chi connectivity index (χ1v) is 9.22. The molecule has 0 saturated carbocycles. The molecule has 2 heterocycles. The van der Waals surface area contributed by atoms with E-state index in [2.05, 4.69) is 15.2 Å². The second kappa shape index (κ2) is 8.31. The van der Waals surface area contributed by atoms with Crippen molar-refractivity contribution in [3.8, 4) is 11.4 Å². The number of piperidine rings is 1. The van der Waals surface area contributed by atoms with Crippen LogP contribution in [0.2, 0.25) is 0 Å². The van der Waals surface area contributed by atoms with Crippen molar-refractivity contribution >= 4 is 23.6 Å². The Morgan fingerprint density at radius 1 is 1.35 bits per heavy atom. The molecule has 1 aromatic carbocycles. The summed E-state index contributed by atoms with van der Waals surface area (Å²) in [6, 6.07) is 6.29. The molecule has 9 heteroatoms. The number of aromatic nitrogens is 3. The predicted molar refractivity (Wildman–Crippen MR) is 93.8 cm³/mol. The molecule has 26 heavy (non-hydrogen) atoms. The fourth-order valence-corrected chi connectivity index (χ4v) is 3.53. The monoisotopic (exact) mass is 378 g/mol. The SMILES string of the molecule is COC(=O)C1CCN(C(=O)CSc2n[nH]c(-c3ccccc3F)n2)CC1. The lowest BCUT2D eigenvalue weighted by Crippen LogP contribution is -2.41. The quantitative estimate of drug-likeness (QED) is 0.633. The molecule has 1 aromatic heterocycles. The molecule has 1 N–H and O–H groups in total. The highest BCUT2D eigenvalue weighted by atomic mass is 32.2. The van der Waals surface area contributed by atoms with Gasteiger partial charge in [-0.25, -0.2) is 9.37 Å². The van der Waals surface area contributed by atoms with Crippen LogP contribution in [0.1, 0.15) is 12.8 Å². The highest BCUT2D eigenvalue weighted by Gasteiger charge is 2.27. The Kier molecular flexibility index (Phi) is 5.87. The van der Waals surface area contributed by atoms with Crippen molar-refractivity contribution in [1.82, 2.24) is 20.1 Å². The Balaban J connectivity index is 1.51. The minimum atomic E-state index is -0.384. The van der Waals surface area contributed by atoms with Crippen LogP contribution in [-0.4, -0.2) is 57.9 Å². The van der Waals surface area contributed by atoms with E-state index >= 15 is 0 Å². The van der Waals surface area contributed by atoms with Crippen molar-refractivity contribution in [3.63, 3.8) is 0 Å². The van der Waals surface area contributed by atoms with Crippen LogP contribution in [-0.2, 0) is 14.3 Å². The molecule has 0 aliphatic carbocycles. The van der Waals surface area contributed by atoms with Gasteiger partial charge < -0.3 is 9.64 Å². The fourth-order valence-electron chi connectivity index (χ4n) is 2.83. The first-order valence-electron chi connectivity index (χ1n) is 8.24. The van der Waals surface area contributed by atoms with Gasteiger partial charge in [0.2, 0.25) is 11.1 Å². The molecule has 1 aliphatic heterocycles. The van der Waals surface area contributed by atoms with Gasteiger partial charge in [-0.2, -0.15) is 0 Å². The van der Waals surface area contributed by atoms with E-state index in [1.165, 1.54) is 24.9 Å². The van der Waals surface area contributed by atoms with Crippen molar-refractivity contribution in [2.24, 2.45) is 5.92 Å². The zero-order valence-electron chi connectivity index (χ0n) is 14.3. The third-order valence-corrected chi connectivity index (χ3v) is 5.13. The summed E-state index contributed by atoms with van der Waals surface area (Å²) in [5, 5.41) is 7.11. The number of esters is 1. The number of nitrogens with one attached hydrogen (secondary N) is 1. The van der Waals surface area contributed by atoms with Crippen LogP contribution in [0, 0.1) is 11.7 Å². The second-order valence-electron chi connectivity index (χ2n) is 5.91. The molecule has 0 unspecified atom stereocenters. The normalized spacial score (nSPS) is 15.1. The average molecular weight is 378 g/mol. The van der Waals surface area contributed by atoms with Gasteiger partial charge in [0, 0.05) is 13.1 Å². The number of nitrogens with zero attached hydrogens (tertiary/aromatic N) is 3. The molecule has 1 aliphatic rings. The summed E-state index contributed by atoms with van der Waals surface area (Å²) < 4.78 is 18.5. The molecule has 1 amide bonds. The number of amides is 1. The number of likely N-dealkylation sites (tertiary alicyclic amines) is 1. The zero-order chi connectivity index (χ0) is 18.5. The van der Waals surface area contributed by atoms with Crippen LogP contribution in [0.4, 0.5) is 4.39 Å². The minimum absolute atomic E-state index is 0.0319. The highest BCUT2D eigenvalue weighted by molar-refractivity contribution is 7.99. The summed E-state index contributed by atoms with van der Waals surface area (Å²) in [7, 11) is 1.38. The summed E-state index contributed by atoms with van der Waals surface area (Å²) in [5.74, 6) is -0.240. The third-order valence-electron chi connectivity index (χ3n) is 4.30. The lowest BCUT2D eigenvalue weighted by molar-refractivity contribution is -0.148. The summed E-state index contributed by atoms with van der Waals surface area (Å²) in [6.45, 7) is 1.07. The Bertz CT molecular complexity index is 790. The molecule has 0 spiro atoms. The van der Waals surface area contributed by atoms with Crippen LogP contribution < -0.4 is 0 Å². The van der Waals surface area contributed by atoms with E-state index in [1.54, 1.807) is 23.1 Å². The molecule has 7 nitrogen and oxygen atoms in total. The van der Waals surface area contributed by atoms with Crippen molar-refractivity contribution in [1.29, 1.82) is 0 Å². The Morgan fingerprint density at radius 3 is 2.77 bits per heavy atom. The summed E-state index contributed by atoms with van der Waals surface area (Å²) in [6.07, 6.45) is 1.22. The zero-order valence-corrected chi connectivity index (χ0v) is 15.1. The molecule has 138 valence electrons. The van der Waals surface area contributed by atoms with Gasteiger partial charge in [-0.3, -0.25) is 14.7 Å². The van der Waals surface area contributed by atoms with Gasteiger partial charge in [-0.1, -0.05) is 23.9 Å². The standard InChI is InChI=1S/C17H19FN4O3S/c1-25-16(24)11-6-8-22(9-7-11)14(23)10-26-17-19-15(20-21-17)12-4-2-3-5-13(12)18/h2-5,11H,6-10H2,1H3,(H,19,20,21). The largest absolute Gasteiger partial charge is 0.469 e. The van der Waals surface area contributed by atoms with Gasteiger partial charge in [0.25, 0.3) is 0 Å². The van der Waals surface area contributed by atoms with Crippen molar-refractivity contribution < 1.29 is 18.7 Å². The molecule has 3 rings (SSSR count). The smallest absolute Gasteiger partial charge is 0.308 e. The fraction of sp³-hybridized carbons (Fsp3) is 0.412. The van der Waals surface area contributed by atoms with E-state index in [9.17, 15) is 14.0 Å². The van der Waals surface area contributed by atoms with Gasteiger partial charge in [-0.15, -0.1) is 5.10 Å². The molecular formula is C17H19FN4O3S. The van der Waals surface area contributed by atoms with Gasteiger partial charge >= 0.3 is 5.97 Å². The van der Waals surface area contributed by atoms with E-state index in [0.29, 0.717) is 42.5 Å². The van der Waals surface area contributed by atoms with Gasteiger partial charge in [-0.05, 0) is 25.0 Å². The number of thioether (sulfide) groups is 1. The van der Waals surface area contributed by atoms with Crippen LogP contribution in [0.25, 0.3) is 11.4 Å². The molecule has 1 saturated heterocycles. The minimum Gasteiger partial charge on any atom is -0.469 e. The number of carbonyl (C=O) groups is 2. The molecule has 2 aromatic rings.